The van der Waals surface area contributed by atoms with Crippen LogP contribution in [-0.4, -0.2) is 65.5 Å². The SMILES string of the molecule is O=C1COc2ccc(cc2)CC(C(=O)O)NC(=O)C(CCc2ccccc2)NC(=O)C(CCc2ccccc2)NC(=O)C(CCc2ccccc2)N1. The lowest BCUT2D eigenvalue weighted by atomic mass is 10.0. The Morgan fingerprint density at radius 1 is 0.558 bits per heavy atom. The molecule has 2 bridgehead atoms. The van der Waals surface area contributed by atoms with Gasteiger partial charge in [-0.25, -0.2) is 4.79 Å². The van der Waals surface area contributed by atoms with Gasteiger partial charge in [0, 0.05) is 6.42 Å². The van der Waals surface area contributed by atoms with Gasteiger partial charge < -0.3 is 31.1 Å². The van der Waals surface area contributed by atoms with E-state index in [1.165, 1.54) is 0 Å². The molecule has 52 heavy (non-hydrogen) atoms. The van der Waals surface area contributed by atoms with E-state index in [1.54, 1.807) is 24.3 Å². The summed E-state index contributed by atoms with van der Waals surface area (Å²) in [7, 11) is 0. The van der Waals surface area contributed by atoms with Crippen LogP contribution in [0.15, 0.2) is 115 Å². The molecule has 4 aromatic rings. The Morgan fingerprint density at radius 3 is 1.38 bits per heavy atom. The highest BCUT2D eigenvalue weighted by Gasteiger charge is 2.31. The van der Waals surface area contributed by atoms with Gasteiger partial charge in [0.25, 0.3) is 5.91 Å². The first-order valence-corrected chi connectivity index (χ1v) is 17.5. The summed E-state index contributed by atoms with van der Waals surface area (Å²) in [6.45, 7) is -0.372. The standard InChI is InChI=1S/C41H44N4O7/c46-37-27-52-32-21-16-31(17-22-32)26-36(41(50)51)45-40(49)35(25-20-30-14-8-3-9-15-30)44-39(48)34(24-19-29-12-6-2-7-13-29)43-38(47)33(42-37)23-18-28-10-4-1-5-11-28/h1-17,21-22,33-36H,18-20,23-27H2,(H,42,46)(H,43,47)(H,44,48)(H,45,49)(H,50,51). The highest BCUT2D eigenvalue weighted by Crippen LogP contribution is 2.15. The van der Waals surface area contributed by atoms with Crippen LogP contribution in [0.4, 0.5) is 0 Å². The summed E-state index contributed by atoms with van der Waals surface area (Å²) in [6.07, 6.45) is 1.94. The molecular formula is C41H44N4O7. The van der Waals surface area contributed by atoms with E-state index in [1.807, 2.05) is 91.0 Å². The van der Waals surface area contributed by atoms with Crippen molar-refractivity contribution in [3.05, 3.63) is 138 Å². The monoisotopic (exact) mass is 704 g/mol. The number of rotatable bonds is 10. The van der Waals surface area contributed by atoms with Crippen molar-refractivity contribution in [2.45, 2.75) is 69.1 Å². The van der Waals surface area contributed by atoms with Crippen LogP contribution in [0.5, 0.6) is 5.75 Å². The summed E-state index contributed by atoms with van der Waals surface area (Å²) in [5, 5.41) is 21.1. The number of carboxylic acids is 1. The van der Waals surface area contributed by atoms with E-state index >= 15 is 0 Å². The predicted octanol–water partition coefficient (Wildman–Crippen LogP) is 3.54. The van der Waals surface area contributed by atoms with E-state index in [4.69, 9.17) is 4.74 Å². The van der Waals surface area contributed by atoms with E-state index < -0.39 is 53.8 Å². The molecule has 270 valence electrons. The van der Waals surface area contributed by atoms with Crippen molar-refractivity contribution in [3.63, 3.8) is 0 Å². The summed E-state index contributed by atoms with van der Waals surface area (Å²) in [5.41, 5.74) is 3.47. The summed E-state index contributed by atoms with van der Waals surface area (Å²) >= 11 is 0. The summed E-state index contributed by atoms with van der Waals surface area (Å²) in [6, 6.07) is 30.5. The molecule has 0 fully saturated rings. The molecule has 4 aromatic carbocycles. The Labute approximate surface area is 303 Å². The van der Waals surface area contributed by atoms with Gasteiger partial charge in [-0.1, -0.05) is 103 Å². The molecule has 2 heterocycles. The van der Waals surface area contributed by atoms with E-state index in [9.17, 15) is 29.1 Å². The molecule has 0 spiro atoms. The molecule has 4 atom stereocenters. The van der Waals surface area contributed by atoms with Gasteiger partial charge in [-0.05, 0) is 72.9 Å². The van der Waals surface area contributed by atoms with E-state index in [0.717, 1.165) is 16.7 Å². The molecule has 0 aromatic heterocycles. The summed E-state index contributed by atoms with van der Waals surface area (Å²) < 4.78 is 5.68. The number of hydrogen-bond acceptors (Lipinski definition) is 6. The fraction of sp³-hybridized carbons (Fsp3) is 0.293. The maximum Gasteiger partial charge on any atom is 0.326 e. The Bertz CT molecular complexity index is 1790. The minimum Gasteiger partial charge on any atom is -0.484 e. The van der Waals surface area contributed by atoms with Gasteiger partial charge in [-0.3, -0.25) is 19.2 Å². The zero-order chi connectivity index (χ0) is 36.7. The van der Waals surface area contributed by atoms with Crippen LogP contribution in [-0.2, 0) is 49.7 Å². The Kier molecular flexibility index (Phi) is 13.5. The first kappa shape index (κ1) is 37.3. The number of carbonyl (C=O) groups excluding carboxylic acids is 4. The lowest BCUT2D eigenvalue weighted by molar-refractivity contribution is -0.142. The molecule has 0 saturated carbocycles. The van der Waals surface area contributed by atoms with Crippen molar-refractivity contribution in [1.29, 1.82) is 0 Å². The second-order valence-electron chi connectivity index (χ2n) is 12.9. The minimum atomic E-state index is -1.29. The quantitative estimate of drug-likeness (QED) is 0.158. The van der Waals surface area contributed by atoms with E-state index in [2.05, 4.69) is 21.3 Å². The van der Waals surface area contributed by atoms with Crippen LogP contribution in [0, 0.1) is 0 Å². The van der Waals surface area contributed by atoms with Gasteiger partial charge in [0.15, 0.2) is 6.61 Å². The van der Waals surface area contributed by atoms with Gasteiger partial charge in [-0.15, -0.1) is 0 Å². The number of aliphatic carboxylic acids is 1. The average Bonchev–Trinajstić information content (AvgIpc) is 3.16. The lowest BCUT2D eigenvalue weighted by Gasteiger charge is -2.26. The third-order valence-corrected chi connectivity index (χ3v) is 8.96. The number of carboxylic acid groups (broad SMARTS) is 1. The maximum atomic E-state index is 14.1. The molecule has 2 aliphatic rings. The zero-order valence-electron chi connectivity index (χ0n) is 28.8. The molecule has 4 amide bonds. The molecule has 0 aliphatic carbocycles. The number of ether oxygens (including phenoxy) is 1. The number of amides is 4. The lowest BCUT2D eigenvalue weighted by Crippen LogP contribution is -2.58. The van der Waals surface area contributed by atoms with Gasteiger partial charge in [0.2, 0.25) is 17.7 Å². The number of hydrogen-bond donors (Lipinski definition) is 5. The van der Waals surface area contributed by atoms with Crippen LogP contribution in [0.25, 0.3) is 0 Å². The summed E-state index contributed by atoms with van der Waals surface area (Å²) in [4.78, 5) is 67.3. The van der Waals surface area contributed by atoms with Gasteiger partial charge in [0.05, 0.1) is 0 Å². The molecule has 6 rings (SSSR count). The maximum absolute atomic E-state index is 14.1. The fourth-order valence-electron chi connectivity index (χ4n) is 6.03. The number of nitrogens with one attached hydrogen (secondary N) is 4. The smallest absolute Gasteiger partial charge is 0.326 e. The number of benzene rings is 4. The second-order valence-corrected chi connectivity index (χ2v) is 12.9. The molecule has 2 aliphatic heterocycles. The first-order valence-electron chi connectivity index (χ1n) is 17.5. The third-order valence-electron chi connectivity index (χ3n) is 8.96. The van der Waals surface area contributed by atoms with Crippen molar-refractivity contribution in [2.75, 3.05) is 6.61 Å². The molecule has 5 N–H and O–H groups in total. The van der Waals surface area contributed by atoms with Gasteiger partial charge >= 0.3 is 5.97 Å². The van der Waals surface area contributed by atoms with Crippen molar-refractivity contribution >= 4 is 29.6 Å². The Hall–Kier alpha value is -5.97. The average molecular weight is 705 g/mol. The first-order chi connectivity index (χ1) is 25.2. The van der Waals surface area contributed by atoms with Crippen LogP contribution in [0.1, 0.15) is 41.5 Å². The van der Waals surface area contributed by atoms with Crippen LogP contribution in [0.3, 0.4) is 0 Å². The second kappa shape index (κ2) is 18.9. The molecule has 0 saturated heterocycles. The number of aryl methyl sites for hydroxylation is 3. The van der Waals surface area contributed by atoms with Crippen molar-refractivity contribution in [2.24, 2.45) is 0 Å². The van der Waals surface area contributed by atoms with Crippen molar-refractivity contribution < 1.29 is 33.8 Å². The zero-order valence-corrected chi connectivity index (χ0v) is 28.8. The fourth-order valence-corrected chi connectivity index (χ4v) is 6.03. The number of carbonyl (C=O) groups is 5. The van der Waals surface area contributed by atoms with E-state index in [0.29, 0.717) is 30.6 Å². The van der Waals surface area contributed by atoms with Crippen molar-refractivity contribution in [1.82, 2.24) is 21.3 Å². The minimum absolute atomic E-state index is 0.0277. The Morgan fingerprint density at radius 2 is 0.962 bits per heavy atom. The highest BCUT2D eigenvalue weighted by atomic mass is 16.5. The topological polar surface area (TPSA) is 163 Å². The van der Waals surface area contributed by atoms with Crippen molar-refractivity contribution in [3.8, 4) is 5.75 Å². The predicted molar refractivity (Wildman–Crippen MR) is 195 cm³/mol. The Balaban J connectivity index is 1.45. The van der Waals surface area contributed by atoms with Crippen LogP contribution in [0.2, 0.25) is 0 Å². The van der Waals surface area contributed by atoms with Gasteiger partial charge in [0.1, 0.15) is 29.9 Å². The van der Waals surface area contributed by atoms with Gasteiger partial charge in [-0.2, -0.15) is 0 Å². The van der Waals surface area contributed by atoms with Crippen LogP contribution >= 0.6 is 0 Å². The van der Waals surface area contributed by atoms with Crippen LogP contribution < -0.4 is 26.0 Å². The highest BCUT2D eigenvalue weighted by molar-refractivity contribution is 5.95. The molecule has 4 unspecified atom stereocenters. The van der Waals surface area contributed by atoms with E-state index in [-0.39, 0.29) is 32.3 Å². The molecule has 0 radical (unpaired) electrons. The summed E-state index contributed by atoms with van der Waals surface area (Å²) in [5.74, 6) is -3.21. The third kappa shape index (κ3) is 11.5. The molecule has 11 nitrogen and oxygen atoms in total. The largest absolute Gasteiger partial charge is 0.484 e. The normalized spacial score (nSPS) is 20.2. The number of fused-ring (bicyclic) bond motifs is 16. The molecular weight excluding hydrogens is 660 g/mol. The molecule has 11 heteroatoms.